The van der Waals surface area contributed by atoms with E-state index < -0.39 is 5.60 Å². The fourth-order valence-corrected chi connectivity index (χ4v) is 2.76. The summed E-state index contributed by atoms with van der Waals surface area (Å²) >= 11 is 0. The molecule has 1 N–H and O–H groups in total. The van der Waals surface area contributed by atoms with Crippen molar-refractivity contribution in [1.29, 1.82) is 0 Å². The van der Waals surface area contributed by atoms with Gasteiger partial charge in [-0.3, -0.25) is 4.79 Å². The first-order chi connectivity index (χ1) is 10.1. The van der Waals surface area contributed by atoms with Gasteiger partial charge in [-0.15, -0.1) is 0 Å². The molecule has 21 heavy (non-hydrogen) atoms. The lowest BCUT2D eigenvalue weighted by Gasteiger charge is -2.47. The Morgan fingerprint density at radius 3 is 2.48 bits per heavy atom. The molecule has 5 heteroatoms. The van der Waals surface area contributed by atoms with Crippen LogP contribution in [0.15, 0.2) is 24.3 Å². The van der Waals surface area contributed by atoms with E-state index in [-0.39, 0.29) is 5.91 Å². The number of hydrogen-bond acceptors (Lipinski definition) is 4. The first-order valence-electron chi connectivity index (χ1n) is 7.38. The second-order valence-electron chi connectivity index (χ2n) is 5.90. The van der Waals surface area contributed by atoms with Crippen LogP contribution >= 0.6 is 0 Å². The Bertz CT molecular complexity index is 504. The van der Waals surface area contributed by atoms with Gasteiger partial charge in [0.25, 0.3) is 0 Å². The molecule has 1 amide bonds. The monoisotopic (exact) mass is 291 g/mol. The van der Waals surface area contributed by atoms with Crippen molar-refractivity contribution < 1.29 is 19.4 Å². The minimum atomic E-state index is -0.605. The highest BCUT2D eigenvalue weighted by atomic mass is 16.5. The molecule has 0 aromatic heterocycles. The second-order valence-corrected chi connectivity index (χ2v) is 5.90. The molecule has 1 aliphatic heterocycles. The van der Waals surface area contributed by atoms with Crippen molar-refractivity contribution in [1.82, 2.24) is 4.90 Å². The normalized spacial score (nSPS) is 19.8. The molecule has 5 nitrogen and oxygen atoms in total. The molecule has 1 heterocycles. The lowest BCUT2D eigenvalue weighted by atomic mass is 9.88. The number of likely N-dealkylation sites (tertiary alicyclic amines) is 1. The van der Waals surface area contributed by atoms with Crippen LogP contribution in [0.5, 0.6) is 11.5 Å². The summed E-state index contributed by atoms with van der Waals surface area (Å²) in [5.74, 6) is 1.96. The van der Waals surface area contributed by atoms with Crippen molar-refractivity contribution in [3.05, 3.63) is 24.3 Å². The summed E-state index contributed by atoms with van der Waals surface area (Å²) in [6.45, 7) is 1.32. The number of carbonyl (C=O) groups excluding carboxylic acids is 1. The Morgan fingerprint density at radius 2 is 1.90 bits per heavy atom. The molecule has 0 bridgehead atoms. The minimum Gasteiger partial charge on any atom is -0.497 e. The van der Waals surface area contributed by atoms with Gasteiger partial charge in [0.1, 0.15) is 17.1 Å². The van der Waals surface area contributed by atoms with Gasteiger partial charge in [-0.1, -0.05) is 0 Å². The number of aliphatic hydroxyl groups is 1. The van der Waals surface area contributed by atoms with Crippen LogP contribution in [-0.2, 0) is 4.79 Å². The molecule has 0 radical (unpaired) electrons. The minimum absolute atomic E-state index is 0.0498. The molecule has 114 valence electrons. The van der Waals surface area contributed by atoms with Crippen LogP contribution in [0.25, 0.3) is 0 Å². The number of methoxy groups -OCH3 is 1. The predicted molar refractivity (Wildman–Crippen MR) is 77.4 cm³/mol. The summed E-state index contributed by atoms with van der Waals surface area (Å²) in [4.78, 5) is 13.7. The van der Waals surface area contributed by atoms with Crippen molar-refractivity contribution in [3.63, 3.8) is 0 Å². The quantitative estimate of drug-likeness (QED) is 0.862. The van der Waals surface area contributed by atoms with Crippen LogP contribution in [0.3, 0.4) is 0 Å². The van der Waals surface area contributed by atoms with Gasteiger partial charge in [-0.25, -0.2) is 0 Å². The van der Waals surface area contributed by atoms with Crippen LogP contribution < -0.4 is 9.47 Å². The number of carbonyl (C=O) groups is 1. The Hall–Kier alpha value is -1.75. The largest absolute Gasteiger partial charge is 0.497 e. The third-order valence-electron chi connectivity index (χ3n) is 4.26. The maximum absolute atomic E-state index is 12.0. The number of rotatable bonds is 6. The summed E-state index contributed by atoms with van der Waals surface area (Å²) in [6, 6.07) is 7.28. The number of nitrogens with zero attached hydrogens (tertiary/aromatic N) is 1. The molecular weight excluding hydrogens is 270 g/mol. The van der Waals surface area contributed by atoms with Crippen LogP contribution in [0, 0.1) is 5.92 Å². The summed E-state index contributed by atoms with van der Waals surface area (Å²) in [7, 11) is 1.62. The zero-order chi connectivity index (χ0) is 14.9. The topological polar surface area (TPSA) is 59.0 Å². The van der Waals surface area contributed by atoms with Gasteiger partial charge >= 0.3 is 0 Å². The van der Waals surface area contributed by atoms with Crippen LogP contribution in [0.2, 0.25) is 0 Å². The predicted octanol–water partition coefficient (Wildman–Crippen LogP) is 1.45. The van der Waals surface area contributed by atoms with Crippen molar-refractivity contribution in [2.24, 2.45) is 5.92 Å². The van der Waals surface area contributed by atoms with E-state index in [1.165, 1.54) is 0 Å². The second kappa shape index (κ2) is 5.56. The van der Waals surface area contributed by atoms with Gasteiger partial charge in [0.15, 0.2) is 0 Å². The molecule has 2 fully saturated rings. The smallest absolute Gasteiger partial charge is 0.226 e. The Labute approximate surface area is 124 Å². The van der Waals surface area contributed by atoms with Crippen molar-refractivity contribution >= 4 is 5.91 Å². The Morgan fingerprint density at radius 1 is 1.29 bits per heavy atom. The summed E-state index contributed by atoms with van der Waals surface area (Å²) in [5.41, 5.74) is -0.605. The third kappa shape index (κ3) is 3.13. The highest BCUT2D eigenvalue weighted by molar-refractivity contribution is 5.77. The maximum atomic E-state index is 12.0. The van der Waals surface area contributed by atoms with E-state index in [1.54, 1.807) is 12.0 Å². The van der Waals surface area contributed by atoms with Crippen molar-refractivity contribution in [3.8, 4) is 11.5 Å². The van der Waals surface area contributed by atoms with Crippen molar-refractivity contribution in [2.75, 3.05) is 26.8 Å². The number of amides is 1. The first-order valence-corrected chi connectivity index (χ1v) is 7.38. The number of β-amino-alcohol motifs (C(OH)–C–C–N with tert-alkyl or cyclic N) is 1. The fourth-order valence-electron chi connectivity index (χ4n) is 2.76. The van der Waals surface area contributed by atoms with Gasteiger partial charge in [0, 0.05) is 0 Å². The summed E-state index contributed by atoms with van der Waals surface area (Å²) in [5, 5.41) is 10.2. The zero-order valence-electron chi connectivity index (χ0n) is 12.2. The van der Waals surface area contributed by atoms with E-state index >= 15 is 0 Å². The molecule has 0 spiro atoms. The molecule has 1 aromatic carbocycles. The molecule has 1 saturated carbocycles. The molecule has 1 saturated heterocycles. The first kappa shape index (κ1) is 14.2. The molecule has 0 unspecified atom stereocenters. The van der Waals surface area contributed by atoms with Gasteiger partial charge in [-0.2, -0.15) is 0 Å². The van der Waals surface area contributed by atoms with Gasteiger partial charge < -0.3 is 19.5 Å². The van der Waals surface area contributed by atoms with Gasteiger partial charge in [0.2, 0.25) is 5.91 Å². The fraction of sp³-hybridized carbons (Fsp3) is 0.562. The van der Waals surface area contributed by atoms with E-state index in [0.717, 1.165) is 24.3 Å². The van der Waals surface area contributed by atoms with E-state index in [0.29, 0.717) is 32.0 Å². The van der Waals surface area contributed by atoms with E-state index in [9.17, 15) is 9.90 Å². The van der Waals surface area contributed by atoms with E-state index in [2.05, 4.69) is 0 Å². The number of ether oxygens (including phenoxy) is 2. The molecule has 2 aliphatic rings. The molecule has 0 atom stereocenters. The SMILES string of the molecule is COc1ccc(OCCC(=O)N2CC(O)(C3CC3)C2)cc1. The Balaban J connectivity index is 1.38. The average Bonchev–Trinajstić information content (AvgIpc) is 3.29. The summed E-state index contributed by atoms with van der Waals surface area (Å²) in [6.07, 6.45) is 2.53. The van der Waals surface area contributed by atoms with Crippen LogP contribution in [0.4, 0.5) is 0 Å². The number of hydrogen-bond donors (Lipinski definition) is 1. The Kier molecular flexibility index (Phi) is 3.76. The number of benzene rings is 1. The average molecular weight is 291 g/mol. The van der Waals surface area contributed by atoms with Gasteiger partial charge in [0.05, 0.1) is 33.2 Å². The lowest BCUT2D eigenvalue weighted by Crippen LogP contribution is -2.64. The van der Waals surface area contributed by atoms with Crippen molar-refractivity contribution in [2.45, 2.75) is 24.9 Å². The van der Waals surface area contributed by atoms with E-state index in [4.69, 9.17) is 9.47 Å². The third-order valence-corrected chi connectivity index (χ3v) is 4.26. The standard InChI is InChI=1S/C16H21NO4/c1-20-13-4-6-14(7-5-13)21-9-8-15(18)17-10-16(19,11-17)12-2-3-12/h4-7,12,19H,2-3,8-11H2,1H3. The highest BCUT2D eigenvalue weighted by Gasteiger charge is 2.52. The highest BCUT2D eigenvalue weighted by Crippen LogP contribution is 2.44. The molecule has 1 aliphatic carbocycles. The molecule has 1 aromatic rings. The maximum Gasteiger partial charge on any atom is 0.226 e. The zero-order valence-corrected chi connectivity index (χ0v) is 12.2. The van der Waals surface area contributed by atoms with Crippen LogP contribution in [-0.4, -0.2) is 48.3 Å². The molecular formula is C16H21NO4. The summed E-state index contributed by atoms with van der Waals surface area (Å²) < 4.78 is 10.6. The molecule has 3 rings (SSSR count). The van der Waals surface area contributed by atoms with Gasteiger partial charge in [-0.05, 0) is 43.0 Å². The van der Waals surface area contributed by atoms with Crippen LogP contribution in [0.1, 0.15) is 19.3 Å². The lowest BCUT2D eigenvalue weighted by molar-refractivity contribution is -0.159. The van der Waals surface area contributed by atoms with E-state index in [1.807, 2.05) is 24.3 Å².